The van der Waals surface area contributed by atoms with Crippen LogP contribution in [0.4, 0.5) is 5.69 Å². The summed E-state index contributed by atoms with van der Waals surface area (Å²) in [5.41, 5.74) is 1.84. The molecule has 0 radical (unpaired) electrons. The number of carbonyl (C=O) groups excluding carboxylic acids is 1. The molecule has 0 saturated carbocycles. The zero-order chi connectivity index (χ0) is 22.4. The predicted octanol–water partition coefficient (Wildman–Crippen LogP) is 4.22. The van der Waals surface area contributed by atoms with Gasteiger partial charge in [-0.15, -0.1) is 6.58 Å². The molecule has 0 amide bonds. The van der Waals surface area contributed by atoms with Gasteiger partial charge in [0.25, 0.3) is 11.7 Å². The molecule has 1 atom stereocenters. The molecule has 2 aromatic carbocycles. The summed E-state index contributed by atoms with van der Waals surface area (Å²) < 4.78 is 4.91. The zero-order valence-corrected chi connectivity index (χ0v) is 16.6. The van der Waals surface area contributed by atoms with Crippen LogP contribution in [-0.2, 0) is 14.3 Å². The maximum atomic E-state index is 10.7. The van der Waals surface area contributed by atoms with E-state index in [1.54, 1.807) is 30.3 Å². The van der Waals surface area contributed by atoms with Gasteiger partial charge in [-0.2, -0.15) is 0 Å². The average Bonchev–Trinajstić information content (AvgIpc) is 2.64. The van der Waals surface area contributed by atoms with E-state index in [1.807, 2.05) is 19.1 Å². The largest absolute Gasteiger partial charge is 0.508 e. The predicted molar refractivity (Wildman–Crippen MR) is 109 cm³/mol. The van der Waals surface area contributed by atoms with Crippen molar-refractivity contribution in [2.45, 2.75) is 26.7 Å². The summed E-state index contributed by atoms with van der Waals surface area (Å²) in [6.45, 7) is 8.22. The Kier molecular flexibility index (Phi) is 11.8. The molecule has 8 nitrogen and oxygen atoms in total. The summed E-state index contributed by atoms with van der Waals surface area (Å²) in [6, 6.07) is 13.3. The highest BCUT2D eigenvalue weighted by molar-refractivity contribution is 5.66. The van der Waals surface area contributed by atoms with Gasteiger partial charge in [0.05, 0.1) is 4.92 Å². The fourth-order valence-electron chi connectivity index (χ4n) is 2.01. The number of phenols is 1. The van der Waals surface area contributed by atoms with Crippen LogP contribution in [0, 0.1) is 17.0 Å². The van der Waals surface area contributed by atoms with Crippen molar-refractivity contribution in [2.24, 2.45) is 0 Å². The molecule has 0 heterocycles. The van der Waals surface area contributed by atoms with Crippen molar-refractivity contribution in [3.63, 3.8) is 0 Å². The van der Waals surface area contributed by atoms with E-state index in [9.17, 15) is 20.0 Å². The van der Waals surface area contributed by atoms with Crippen molar-refractivity contribution < 1.29 is 29.5 Å². The second-order valence-electron chi connectivity index (χ2n) is 5.82. The number of hydrogen-bond donors (Lipinski definition) is 2. The third kappa shape index (κ3) is 11.6. The number of hydrogen-bond acceptors (Lipinski definition) is 6. The normalized spacial score (nSPS) is 10.2. The Morgan fingerprint density at radius 2 is 1.76 bits per heavy atom. The van der Waals surface area contributed by atoms with Crippen molar-refractivity contribution in [1.29, 1.82) is 0 Å². The summed E-state index contributed by atoms with van der Waals surface area (Å²) in [7, 11) is 0. The second kappa shape index (κ2) is 13.5. The van der Waals surface area contributed by atoms with Gasteiger partial charge >= 0.3 is 5.97 Å². The third-order valence-electron chi connectivity index (χ3n) is 3.30. The summed E-state index contributed by atoms with van der Waals surface area (Å²) in [5.74, 6) is -1.14. The van der Waals surface area contributed by atoms with E-state index in [0.717, 1.165) is 18.1 Å². The third-order valence-corrected chi connectivity index (χ3v) is 3.30. The maximum absolute atomic E-state index is 10.7. The van der Waals surface area contributed by atoms with E-state index in [1.165, 1.54) is 19.1 Å². The summed E-state index contributed by atoms with van der Waals surface area (Å²) in [6.07, 6.45) is 1.66. The lowest BCUT2D eigenvalue weighted by atomic mass is 9.98. The van der Waals surface area contributed by atoms with Gasteiger partial charge in [0.1, 0.15) is 12.4 Å². The first-order valence-corrected chi connectivity index (χ1v) is 8.52. The molecule has 0 aromatic heterocycles. The van der Waals surface area contributed by atoms with Crippen LogP contribution in [0.25, 0.3) is 0 Å². The Labute approximate surface area is 169 Å². The highest BCUT2D eigenvalue weighted by Gasteiger charge is 2.13. The minimum absolute atomic E-state index is 0.137. The van der Waals surface area contributed by atoms with E-state index < -0.39 is 10.9 Å². The van der Waals surface area contributed by atoms with Crippen LogP contribution in [-0.4, -0.2) is 33.7 Å². The van der Waals surface area contributed by atoms with Gasteiger partial charge in [0, 0.05) is 37.5 Å². The van der Waals surface area contributed by atoms with Crippen molar-refractivity contribution >= 4 is 17.6 Å². The number of phenolic OH excluding ortho intramolecular Hbond substituents is 1. The Bertz CT molecular complexity index is 815. The molecule has 0 saturated heterocycles. The average molecular weight is 403 g/mol. The number of para-hydroxylation sites is 1. The number of carboxylic acids is 1. The van der Waals surface area contributed by atoms with Gasteiger partial charge in [0.2, 0.25) is 0 Å². The molecule has 0 bridgehead atoms. The number of benzene rings is 2. The molecule has 2 aromatic rings. The molecule has 2 rings (SSSR count). The van der Waals surface area contributed by atoms with E-state index in [4.69, 9.17) is 14.6 Å². The molecule has 29 heavy (non-hydrogen) atoms. The number of aromatic hydroxyl groups is 1. The Hall–Kier alpha value is -3.68. The molecule has 156 valence electrons. The molecular weight excluding hydrogens is 378 g/mol. The molecular formula is C21H25NO7. The van der Waals surface area contributed by atoms with Gasteiger partial charge in [-0.25, -0.2) is 0 Å². The summed E-state index contributed by atoms with van der Waals surface area (Å²) in [5, 5.41) is 27.2. The fourth-order valence-corrected chi connectivity index (χ4v) is 2.01. The van der Waals surface area contributed by atoms with E-state index >= 15 is 0 Å². The Morgan fingerprint density at radius 1 is 1.21 bits per heavy atom. The van der Waals surface area contributed by atoms with Crippen molar-refractivity contribution in [1.82, 2.24) is 0 Å². The number of aliphatic carboxylic acids is 1. The molecule has 0 spiro atoms. The summed E-state index contributed by atoms with van der Waals surface area (Å²) >= 11 is 0. The lowest BCUT2D eigenvalue weighted by Gasteiger charge is -2.14. The Morgan fingerprint density at radius 3 is 2.14 bits per heavy atom. The number of carbonyl (C=O) groups is 2. The van der Waals surface area contributed by atoms with Crippen molar-refractivity contribution in [3.8, 4) is 5.75 Å². The second-order valence-corrected chi connectivity index (χ2v) is 5.82. The minimum Gasteiger partial charge on any atom is -0.508 e. The number of rotatable bonds is 5. The van der Waals surface area contributed by atoms with Gasteiger partial charge in [-0.3, -0.25) is 19.7 Å². The number of non-ortho nitro benzene ring substituents is 1. The van der Waals surface area contributed by atoms with E-state index in [0.29, 0.717) is 0 Å². The lowest BCUT2D eigenvalue weighted by Crippen LogP contribution is -2.09. The molecule has 0 aliphatic carbocycles. The monoisotopic (exact) mass is 403 g/mol. The fraction of sp³-hybridized carbons (Fsp3) is 0.238. The topological polar surface area (TPSA) is 127 Å². The summed E-state index contributed by atoms with van der Waals surface area (Å²) in [4.78, 5) is 29.3. The first-order chi connectivity index (χ1) is 13.6. The molecule has 1 unspecified atom stereocenters. The smallest absolute Gasteiger partial charge is 0.302 e. The number of carboxylic acid groups (broad SMARTS) is 1. The van der Waals surface area contributed by atoms with Crippen LogP contribution in [0.3, 0.4) is 0 Å². The highest BCUT2D eigenvalue weighted by atomic mass is 16.6. The van der Waals surface area contributed by atoms with Gasteiger partial charge in [-0.1, -0.05) is 36.4 Å². The molecule has 0 aliphatic heterocycles. The van der Waals surface area contributed by atoms with Crippen molar-refractivity contribution in [2.75, 3.05) is 6.61 Å². The number of nitrogens with zero attached hydrogens (tertiary/aromatic N) is 1. The number of nitro groups is 1. The van der Waals surface area contributed by atoms with E-state index in [2.05, 4.69) is 6.58 Å². The minimum atomic E-state index is -0.833. The number of aryl methyl sites for hydroxylation is 1. The van der Waals surface area contributed by atoms with Gasteiger partial charge in [0.15, 0.2) is 0 Å². The van der Waals surface area contributed by atoms with Crippen molar-refractivity contribution in [3.05, 3.63) is 82.4 Å². The molecule has 2 N–H and O–H groups in total. The van der Waals surface area contributed by atoms with Crippen LogP contribution in [0.1, 0.15) is 30.9 Å². The maximum Gasteiger partial charge on any atom is 0.302 e. The zero-order valence-electron chi connectivity index (χ0n) is 16.6. The van der Waals surface area contributed by atoms with Crippen LogP contribution in [0.2, 0.25) is 0 Å². The number of esters is 1. The van der Waals surface area contributed by atoms with Crippen LogP contribution in [0.15, 0.2) is 61.2 Å². The highest BCUT2D eigenvalue weighted by Crippen LogP contribution is 2.27. The quantitative estimate of drug-likeness (QED) is 0.331. The first kappa shape index (κ1) is 25.3. The van der Waals surface area contributed by atoms with Gasteiger partial charge in [-0.05, 0) is 18.6 Å². The van der Waals surface area contributed by atoms with Crippen LogP contribution >= 0.6 is 0 Å². The van der Waals surface area contributed by atoms with Crippen LogP contribution in [0.5, 0.6) is 5.75 Å². The molecule has 0 fully saturated rings. The molecule has 8 heteroatoms. The first-order valence-electron chi connectivity index (χ1n) is 8.52. The van der Waals surface area contributed by atoms with Crippen LogP contribution < -0.4 is 0 Å². The Balaban J connectivity index is 0.000000504. The molecule has 0 aliphatic rings. The number of ether oxygens (including phenoxy) is 1. The lowest BCUT2D eigenvalue weighted by molar-refractivity contribution is -0.384. The SMILES string of the molecule is C=CC(COC(C)=O)c1ccc(C)cc1O.CC(=O)O.O=[N+]([O-])c1ccccc1. The number of nitro benzene ring substituents is 1. The van der Waals surface area contributed by atoms with Gasteiger partial charge < -0.3 is 14.9 Å². The standard InChI is InChI=1S/C13H16O3.C6H5NO2.C2H4O2/c1-4-11(8-16-10(3)14)12-6-5-9(2)7-13(12)15;8-7(9)6-4-2-1-3-5-6;1-2(3)4/h4-7,11,15H,1,8H2,2-3H3;1-5H;1H3,(H,3,4). The van der Waals surface area contributed by atoms with E-state index in [-0.39, 0.29) is 29.9 Å².